The van der Waals surface area contributed by atoms with E-state index in [1.165, 1.54) is 0 Å². The van der Waals surface area contributed by atoms with Gasteiger partial charge in [0.1, 0.15) is 6.10 Å². The third kappa shape index (κ3) is 2.99. The Morgan fingerprint density at radius 1 is 1.24 bits per heavy atom. The number of nitrogens with zero attached hydrogens (tertiary/aromatic N) is 1. The number of carbonyl (C=O) groups is 1. The first-order chi connectivity index (χ1) is 10.1. The lowest BCUT2D eigenvalue weighted by atomic mass is 9.89. The number of benzene rings is 1. The van der Waals surface area contributed by atoms with Gasteiger partial charge < -0.3 is 9.84 Å². The predicted octanol–water partition coefficient (Wildman–Crippen LogP) is 3.89. The zero-order valence-corrected chi connectivity index (χ0v) is 12.1. The predicted molar refractivity (Wildman–Crippen MR) is 80.8 cm³/mol. The second-order valence-electron chi connectivity index (χ2n) is 5.84. The van der Waals surface area contributed by atoms with E-state index >= 15 is 0 Å². The highest BCUT2D eigenvalue weighted by atomic mass is 16.5. The van der Waals surface area contributed by atoms with E-state index in [1.54, 1.807) is 6.07 Å². The molecule has 110 valence electrons. The minimum atomic E-state index is -1.03. The van der Waals surface area contributed by atoms with Crippen molar-refractivity contribution in [2.45, 2.75) is 38.7 Å². The van der Waals surface area contributed by atoms with Crippen molar-refractivity contribution in [2.24, 2.45) is 5.92 Å². The number of ether oxygens (including phenoxy) is 1. The molecule has 0 aliphatic heterocycles. The molecule has 0 unspecified atom stereocenters. The topological polar surface area (TPSA) is 59.4 Å². The second-order valence-corrected chi connectivity index (χ2v) is 5.84. The molecule has 1 fully saturated rings. The van der Waals surface area contributed by atoms with Crippen LogP contribution in [0.4, 0.5) is 0 Å². The summed E-state index contributed by atoms with van der Waals surface area (Å²) < 4.78 is 6.03. The van der Waals surface area contributed by atoms with E-state index in [1.807, 2.05) is 24.3 Å². The van der Waals surface area contributed by atoms with Crippen LogP contribution in [0.15, 0.2) is 30.3 Å². The van der Waals surface area contributed by atoms with Gasteiger partial charge in [0.15, 0.2) is 5.69 Å². The first-order valence-electron chi connectivity index (χ1n) is 7.43. The molecule has 0 spiro atoms. The number of aromatic carboxylic acids is 1. The summed E-state index contributed by atoms with van der Waals surface area (Å²) in [6.45, 7) is 2.26. The Hall–Kier alpha value is -2.10. The molecule has 4 heteroatoms. The third-order valence-corrected chi connectivity index (χ3v) is 4.17. The molecular weight excluding hydrogens is 266 g/mol. The number of carboxylic acid groups (broad SMARTS) is 1. The van der Waals surface area contributed by atoms with Crippen molar-refractivity contribution < 1.29 is 14.6 Å². The van der Waals surface area contributed by atoms with Crippen molar-refractivity contribution in [2.75, 3.05) is 0 Å². The molecule has 1 aliphatic rings. The quantitative estimate of drug-likeness (QED) is 0.929. The summed E-state index contributed by atoms with van der Waals surface area (Å²) in [4.78, 5) is 15.4. The van der Waals surface area contributed by atoms with Gasteiger partial charge in [-0.3, -0.25) is 0 Å². The van der Waals surface area contributed by atoms with Crippen LogP contribution in [0, 0.1) is 5.92 Å². The van der Waals surface area contributed by atoms with Crippen molar-refractivity contribution in [3.8, 4) is 5.88 Å². The lowest BCUT2D eigenvalue weighted by Gasteiger charge is -2.26. The second kappa shape index (κ2) is 5.72. The van der Waals surface area contributed by atoms with E-state index in [2.05, 4.69) is 11.9 Å². The monoisotopic (exact) mass is 285 g/mol. The first-order valence-corrected chi connectivity index (χ1v) is 7.43. The van der Waals surface area contributed by atoms with Crippen molar-refractivity contribution in [3.63, 3.8) is 0 Å². The van der Waals surface area contributed by atoms with Crippen molar-refractivity contribution >= 4 is 16.7 Å². The maximum atomic E-state index is 11.2. The summed E-state index contributed by atoms with van der Waals surface area (Å²) in [5, 5.41) is 10.9. The number of carboxylic acids is 1. The Labute approximate surface area is 123 Å². The maximum Gasteiger partial charge on any atom is 0.354 e. The normalized spacial score (nSPS) is 22.1. The highest BCUT2D eigenvalue weighted by Crippen LogP contribution is 2.30. The van der Waals surface area contributed by atoms with E-state index in [-0.39, 0.29) is 11.8 Å². The van der Waals surface area contributed by atoms with Gasteiger partial charge in [0.25, 0.3) is 0 Å². The van der Waals surface area contributed by atoms with E-state index in [0.29, 0.717) is 5.88 Å². The summed E-state index contributed by atoms with van der Waals surface area (Å²) in [5.41, 5.74) is 0.0351. The largest absolute Gasteiger partial charge is 0.477 e. The van der Waals surface area contributed by atoms with Crippen molar-refractivity contribution in [3.05, 3.63) is 36.0 Å². The van der Waals surface area contributed by atoms with Crippen LogP contribution < -0.4 is 4.74 Å². The summed E-state index contributed by atoms with van der Waals surface area (Å²) >= 11 is 0. The molecule has 0 saturated heterocycles. The molecule has 1 aliphatic carbocycles. The van der Waals surface area contributed by atoms with Crippen molar-refractivity contribution in [1.82, 2.24) is 4.98 Å². The fraction of sp³-hybridized carbons (Fsp3) is 0.412. The highest BCUT2D eigenvalue weighted by Gasteiger charge is 2.21. The van der Waals surface area contributed by atoms with Gasteiger partial charge in [-0.25, -0.2) is 9.78 Å². The van der Waals surface area contributed by atoms with Crippen LogP contribution in [0.5, 0.6) is 5.88 Å². The molecule has 4 nitrogen and oxygen atoms in total. The molecule has 1 aromatic carbocycles. The van der Waals surface area contributed by atoms with Gasteiger partial charge in [-0.15, -0.1) is 0 Å². The molecule has 1 saturated carbocycles. The summed E-state index contributed by atoms with van der Waals surface area (Å²) in [6, 6.07) is 9.21. The number of fused-ring (bicyclic) bond motifs is 1. The zero-order chi connectivity index (χ0) is 14.8. The van der Waals surface area contributed by atoms with Gasteiger partial charge in [0.05, 0.1) is 0 Å². The third-order valence-electron chi connectivity index (χ3n) is 4.17. The standard InChI is InChI=1S/C17H19NO3/c1-11-6-8-13(9-7-11)21-16-14-5-3-2-4-12(14)10-15(18-16)17(19)20/h2-5,10-11,13H,6-9H2,1H3,(H,19,20). The Morgan fingerprint density at radius 3 is 2.67 bits per heavy atom. The molecule has 1 aromatic heterocycles. The van der Waals surface area contributed by atoms with Crippen LogP contribution in [-0.4, -0.2) is 22.2 Å². The van der Waals surface area contributed by atoms with Crippen LogP contribution in [0.25, 0.3) is 10.8 Å². The average molecular weight is 285 g/mol. The SMILES string of the molecule is CC1CCC(Oc2nc(C(=O)O)cc3ccccc23)CC1. The fourth-order valence-corrected chi connectivity index (χ4v) is 2.87. The van der Waals surface area contributed by atoms with E-state index in [4.69, 9.17) is 4.74 Å². The van der Waals surface area contributed by atoms with Gasteiger partial charge in [0.2, 0.25) is 5.88 Å². The molecule has 0 radical (unpaired) electrons. The Morgan fingerprint density at radius 2 is 1.95 bits per heavy atom. The van der Waals surface area contributed by atoms with Gasteiger partial charge >= 0.3 is 5.97 Å². The van der Waals surface area contributed by atoms with Crippen LogP contribution in [-0.2, 0) is 0 Å². The minimum absolute atomic E-state index is 0.0351. The van der Waals surface area contributed by atoms with Crippen LogP contribution in [0.3, 0.4) is 0 Å². The number of hydrogen-bond donors (Lipinski definition) is 1. The number of hydrogen-bond acceptors (Lipinski definition) is 3. The van der Waals surface area contributed by atoms with Crippen LogP contribution in [0.1, 0.15) is 43.1 Å². The van der Waals surface area contributed by atoms with Gasteiger partial charge in [0, 0.05) is 5.39 Å². The average Bonchev–Trinajstić information content (AvgIpc) is 2.49. The molecule has 21 heavy (non-hydrogen) atoms. The Balaban J connectivity index is 1.94. The molecule has 3 rings (SSSR count). The molecule has 1 heterocycles. The maximum absolute atomic E-state index is 11.2. The van der Waals surface area contributed by atoms with E-state index in [9.17, 15) is 9.90 Å². The Bertz CT molecular complexity index is 660. The fourth-order valence-electron chi connectivity index (χ4n) is 2.87. The Kier molecular flexibility index (Phi) is 3.78. The first kappa shape index (κ1) is 13.9. The molecular formula is C17H19NO3. The summed E-state index contributed by atoms with van der Waals surface area (Å²) in [6.07, 6.45) is 4.46. The summed E-state index contributed by atoms with van der Waals surface area (Å²) in [7, 11) is 0. The van der Waals surface area contributed by atoms with Crippen LogP contribution >= 0.6 is 0 Å². The van der Waals surface area contributed by atoms with Crippen LogP contribution in [0.2, 0.25) is 0 Å². The molecule has 2 aromatic rings. The van der Waals surface area contributed by atoms with Crippen molar-refractivity contribution in [1.29, 1.82) is 0 Å². The van der Waals surface area contributed by atoms with Gasteiger partial charge in [-0.05, 0) is 49.1 Å². The highest BCUT2D eigenvalue weighted by molar-refractivity contribution is 5.94. The molecule has 0 amide bonds. The van der Waals surface area contributed by atoms with E-state index in [0.717, 1.165) is 42.4 Å². The number of rotatable bonds is 3. The van der Waals surface area contributed by atoms with E-state index < -0.39 is 5.97 Å². The lowest BCUT2D eigenvalue weighted by Crippen LogP contribution is -2.23. The lowest BCUT2D eigenvalue weighted by molar-refractivity contribution is 0.0687. The molecule has 0 bridgehead atoms. The summed E-state index contributed by atoms with van der Waals surface area (Å²) in [5.74, 6) is 0.174. The molecule has 0 atom stereocenters. The van der Waals surface area contributed by atoms with Gasteiger partial charge in [-0.2, -0.15) is 0 Å². The number of aromatic nitrogens is 1. The number of pyridine rings is 1. The van der Waals surface area contributed by atoms with Gasteiger partial charge in [-0.1, -0.05) is 25.1 Å². The molecule has 1 N–H and O–H groups in total. The smallest absolute Gasteiger partial charge is 0.354 e. The minimum Gasteiger partial charge on any atom is -0.477 e. The zero-order valence-electron chi connectivity index (χ0n) is 12.1.